The third-order valence-electron chi connectivity index (χ3n) is 3.34. The van der Waals surface area contributed by atoms with Gasteiger partial charge in [-0.1, -0.05) is 39.0 Å². The fourth-order valence-corrected chi connectivity index (χ4v) is 2.23. The molecular formula is C15H19N3O3. The van der Waals surface area contributed by atoms with Crippen LogP contribution in [0.15, 0.2) is 24.3 Å². The molecule has 2 rings (SSSR count). The SMILES string of the molecule is CC(C)(C)c1ccccc1NC(=O)CC1C(=O)NNC1=O. The number of rotatable bonds is 3. The maximum absolute atomic E-state index is 12.1. The van der Waals surface area contributed by atoms with E-state index in [-0.39, 0.29) is 17.7 Å². The van der Waals surface area contributed by atoms with Gasteiger partial charge in [0.25, 0.3) is 11.8 Å². The molecule has 3 amide bonds. The summed E-state index contributed by atoms with van der Waals surface area (Å²) in [6, 6.07) is 7.51. The van der Waals surface area contributed by atoms with Gasteiger partial charge in [-0.3, -0.25) is 25.2 Å². The molecule has 1 aliphatic heterocycles. The second-order valence-corrected chi connectivity index (χ2v) is 6.08. The first-order valence-electron chi connectivity index (χ1n) is 6.78. The molecule has 1 saturated heterocycles. The number of para-hydroxylation sites is 1. The Morgan fingerprint density at radius 3 is 2.29 bits per heavy atom. The highest BCUT2D eigenvalue weighted by Crippen LogP contribution is 2.29. The molecule has 1 fully saturated rings. The van der Waals surface area contributed by atoms with E-state index in [2.05, 4.69) is 36.9 Å². The molecule has 0 spiro atoms. The summed E-state index contributed by atoms with van der Waals surface area (Å²) in [5.74, 6) is -2.27. The number of hydrogen-bond acceptors (Lipinski definition) is 3. The van der Waals surface area contributed by atoms with E-state index in [0.717, 1.165) is 5.56 Å². The maximum atomic E-state index is 12.1. The van der Waals surface area contributed by atoms with Crippen molar-refractivity contribution in [2.45, 2.75) is 32.6 Å². The maximum Gasteiger partial charge on any atom is 0.251 e. The molecule has 0 saturated carbocycles. The fraction of sp³-hybridized carbons (Fsp3) is 0.400. The molecule has 1 aromatic rings. The Labute approximate surface area is 123 Å². The average Bonchev–Trinajstić information content (AvgIpc) is 2.70. The van der Waals surface area contributed by atoms with E-state index < -0.39 is 17.7 Å². The van der Waals surface area contributed by atoms with Crippen LogP contribution in [0.1, 0.15) is 32.8 Å². The number of anilines is 1. The van der Waals surface area contributed by atoms with Crippen molar-refractivity contribution in [3.05, 3.63) is 29.8 Å². The number of nitrogens with one attached hydrogen (secondary N) is 3. The number of carbonyl (C=O) groups excluding carboxylic acids is 3. The van der Waals surface area contributed by atoms with E-state index in [1.807, 2.05) is 24.3 Å². The van der Waals surface area contributed by atoms with E-state index in [1.165, 1.54) is 0 Å². The quantitative estimate of drug-likeness (QED) is 0.728. The van der Waals surface area contributed by atoms with Crippen molar-refractivity contribution in [2.75, 3.05) is 5.32 Å². The van der Waals surface area contributed by atoms with Gasteiger partial charge in [0.1, 0.15) is 5.92 Å². The predicted molar refractivity (Wildman–Crippen MR) is 78.2 cm³/mol. The summed E-state index contributed by atoms with van der Waals surface area (Å²) in [4.78, 5) is 34.9. The van der Waals surface area contributed by atoms with Gasteiger partial charge in [0.15, 0.2) is 0 Å². The van der Waals surface area contributed by atoms with Crippen LogP contribution in [0.3, 0.4) is 0 Å². The average molecular weight is 289 g/mol. The van der Waals surface area contributed by atoms with E-state index in [4.69, 9.17) is 0 Å². The van der Waals surface area contributed by atoms with Crippen LogP contribution in [-0.4, -0.2) is 17.7 Å². The zero-order valence-electron chi connectivity index (χ0n) is 12.3. The Morgan fingerprint density at radius 1 is 1.14 bits per heavy atom. The lowest BCUT2D eigenvalue weighted by atomic mass is 9.86. The lowest BCUT2D eigenvalue weighted by Gasteiger charge is -2.23. The van der Waals surface area contributed by atoms with Crippen molar-refractivity contribution < 1.29 is 14.4 Å². The zero-order chi connectivity index (χ0) is 15.6. The highest BCUT2D eigenvalue weighted by atomic mass is 16.2. The molecule has 3 N–H and O–H groups in total. The Kier molecular flexibility index (Phi) is 3.97. The van der Waals surface area contributed by atoms with Crippen LogP contribution in [0, 0.1) is 5.92 Å². The number of amides is 3. The van der Waals surface area contributed by atoms with Gasteiger partial charge >= 0.3 is 0 Å². The Bertz CT molecular complexity index is 574. The summed E-state index contributed by atoms with van der Waals surface area (Å²) >= 11 is 0. The van der Waals surface area contributed by atoms with E-state index >= 15 is 0 Å². The number of carbonyl (C=O) groups is 3. The second kappa shape index (κ2) is 5.55. The van der Waals surface area contributed by atoms with Crippen molar-refractivity contribution in [1.29, 1.82) is 0 Å². The van der Waals surface area contributed by atoms with Crippen molar-refractivity contribution in [2.24, 2.45) is 5.92 Å². The van der Waals surface area contributed by atoms with Gasteiger partial charge in [0, 0.05) is 12.1 Å². The van der Waals surface area contributed by atoms with Gasteiger partial charge in [0.05, 0.1) is 0 Å². The summed E-state index contributed by atoms with van der Waals surface area (Å²) in [6.07, 6.45) is -0.170. The smallest absolute Gasteiger partial charge is 0.251 e. The van der Waals surface area contributed by atoms with Crippen molar-refractivity contribution in [3.63, 3.8) is 0 Å². The van der Waals surface area contributed by atoms with Gasteiger partial charge in [-0.15, -0.1) is 0 Å². The molecule has 0 atom stereocenters. The first-order valence-corrected chi connectivity index (χ1v) is 6.78. The third-order valence-corrected chi connectivity index (χ3v) is 3.34. The van der Waals surface area contributed by atoms with Crippen LogP contribution in [0.25, 0.3) is 0 Å². The van der Waals surface area contributed by atoms with Gasteiger partial charge in [-0.25, -0.2) is 0 Å². The van der Waals surface area contributed by atoms with Crippen LogP contribution < -0.4 is 16.2 Å². The molecule has 1 aliphatic rings. The number of hydrazine groups is 1. The lowest BCUT2D eigenvalue weighted by Crippen LogP contribution is -2.28. The molecule has 0 aliphatic carbocycles. The normalized spacial score (nSPS) is 15.6. The summed E-state index contributed by atoms with van der Waals surface area (Å²) in [5, 5.41) is 2.79. The second-order valence-electron chi connectivity index (χ2n) is 6.08. The first kappa shape index (κ1) is 15.0. The minimum absolute atomic E-state index is 0.119. The van der Waals surface area contributed by atoms with Crippen molar-refractivity contribution >= 4 is 23.4 Å². The molecule has 0 aromatic heterocycles. The van der Waals surface area contributed by atoms with Gasteiger partial charge in [-0.2, -0.15) is 0 Å². The molecule has 112 valence electrons. The van der Waals surface area contributed by atoms with Gasteiger partial charge in [0.2, 0.25) is 5.91 Å². The number of benzene rings is 1. The Morgan fingerprint density at radius 2 is 1.71 bits per heavy atom. The Hall–Kier alpha value is -2.37. The highest BCUT2D eigenvalue weighted by Gasteiger charge is 2.34. The minimum Gasteiger partial charge on any atom is -0.326 e. The van der Waals surface area contributed by atoms with Crippen LogP contribution in [0.2, 0.25) is 0 Å². The van der Waals surface area contributed by atoms with E-state index in [1.54, 1.807) is 0 Å². The summed E-state index contributed by atoms with van der Waals surface area (Å²) in [7, 11) is 0. The molecule has 1 aromatic carbocycles. The minimum atomic E-state index is -0.966. The molecule has 21 heavy (non-hydrogen) atoms. The van der Waals surface area contributed by atoms with Gasteiger partial charge in [-0.05, 0) is 17.0 Å². The summed E-state index contributed by atoms with van der Waals surface area (Å²) in [5.41, 5.74) is 5.99. The van der Waals surface area contributed by atoms with Crippen LogP contribution >= 0.6 is 0 Å². The van der Waals surface area contributed by atoms with Gasteiger partial charge < -0.3 is 5.32 Å². The zero-order valence-corrected chi connectivity index (χ0v) is 12.3. The molecule has 0 bridgehead atoms. The largest absolute Gasteiger partial charge is 0.326 e. The molecule has 0 unspecified atom stereocenters. The van der Waals surface area contributed by atoms with Crippen LogP contribution in [0.4, 0.5) is 5.69 Å². The topological polar surface area (TPSA) is 87.3 Å². The van der Waals surface area contributed by atoms with Crippen molar-refractivity contribution in [1.82, 2.24) is 10.9 Å². The van der Waals surface area contributed by atoms with E-state index in [0.29, 0.717) is 5.69 Å². The van der Waals surface area contributed by atoms with Crippen LogP contribution in [0.5, 0.6) is 0 Å². The Balaban J connectivity index is 2.10. The molecule has 1 heterocycles. The lowest BCUT2D eigenvalue weighted by molar-refractivity contribution is -0.131. The highest BCUT2D eigenvalue weighted by molar-refractivity contribution is 6.09. The van der Waals surface area contributed by atoms with Crippen LogP contribution in [-0.2, 0) is 19.8 Å². The monoisotopic (exact) mass is 289 g/mol. The molecule has 6 heteroatoms. The van der Waals surface area contributed by atoms with Crippen molar-refractivity contribution in [3.8, 4) is 0 Å². The third kappa shape index (κ3) is 3.39. The van der Waals surface area contributed by atoms with E-state index in [9.17, 15) is 14.4 Å². The molecular weight excluding hydrogens is 270 g/mol. The summed E-state index contributed by atoms with van der Waals surface area (Å²) < 4.78 is 0. The number of hydrogen-bond donors (Lipinski definition) is 3. The fourth-order valence-electron chi connectivity index (χ4n) is 2.23. The predicted octanol–water partition coefficient (Wildman–Crippen LogP) is 1.09. The first-order chi connectivity index (χ1) is 9.79. The molecule has 0 radical (unpaired) electrons. The molecule has 6 nitrogen and oxygen atoms in total. The summed E-state index contributed by atoms with van der Waals surface area (Å²) in [6.45, 7) is 6.15. The standard InChI is InChI=1S/C15H19N3O3/c1-15(2,3)10-6-4-5-7-11(10)16-12(19)8-9-13(20)17-18-14(9)21/h4-7,9H,8H2,1-3H3,(H,16,19)(H,17,20)(H,18,21).